The van der Waals surface area contributed by atoms with Gasteiger partial charge in [0.15, 0.2) is 0 Å². The second-order valence-electron chi connectivity index (χ2n) is 1.00. The van der Waals surface area contributed by atoms with E-state index in [1.807, 2.05) is 0 Å². The van der Waals surface area contributed by atoms with Gasteiger partial charge in [-0.1, -0.05) is 5.11 Å². The lowest BCUT2D eigenvalue weighted by atomic mass is 10.8. The van der Waals surface area contributed by atoms with Crippen LogP contribution in [0.1, 0.15) is 6.92 Å². The van der Waals surface area contributed by atoms with Crippen LogP contribution in [0.3, 0.4) is 0 Å². The Morgan fingerprint density at radius 1 is 1.38 bits per heavy atom. The van der Waals surface area contributed by atoms with Crippen molar-refractivity contribution >= 4 is 12.0 Å². The van der Waals surface area contributed by atoms with Crippen molar-refractivity contribution in [1.29, 1.82) is 0 Å². The van der Waals surface area contributed by atoms with Gasteiger partial charge in [0.05, 0.1) is 0 Å². The molecule has 0 aromatic rings. The maximum atomic E-state index is 9.82. The van der Waals surface area contributed by atoms with Crippen molar-refractivity contribution in [2.75, 3.05) is 0 Å². The first-order chi connectivity index (χ1) is 3.63. The molecule has 0 aliphatic heterocycles. The van der Waals surface area contributed by atoms with Crippen molar-refractivity contribution in [2.24, 2.45) is 10.2 Å². The van der Waals surface area contributed by atoms with Gasteiger partial charge < -0.3 is 5.11 Å². The lowest BCUT2D eigenvalue weighted by molar-refractivity contribution is -0.116. The summed E-state index contributed by atoms with van der Waals surface area (Å²) in [4.78, 5) is 19.3. The number of nitrogens with zero attached hydrogens (tertiary/aromatic N) is 2. The maximum absolute atomic E-state index is 9.82. The number of carbonyl (C=O) groups excluding carboxylic acids is 1. The van der Waals surface area contributed by atoms with E-state index in [1.54, 1.807) is 0 Å². The lowest BCUT2D eigenvalue weighted by Gasteiger charge is -1.73. The highest BCUT2D eigenvalue weighted by molar-refractivity contribution is 5.75. The average molecular weight is 116 g/mol. The summed E-state index contributed by atoms with van der Waals surface area (Å²) >= 11 is 0. The summed E-state index contributed by atoms with van der Waals surface area (Å²) in [6.45, 7) is 1.12. The molecule has 0 heterocycles. The summed E-state index contributed by atoms with van der Waals surface area (Å²) in [5, 5.41) is 13.0. The topological polar surface area (TPSA) is 79.1 Å². The molecule has 2 amide bonds. The standard InChI is InChI=1S/C3H4N2O3/c1-2(6)4-5-3(7)8/h1H3,(H,7,8)/b5-4+. The van der Waals surface area contributed by atoms with E-state index in [9.17, 15) is 9.59 Å². The molecule has 1 N–H and O–H groups in total. The summed E-state index contributed by atoms with van der Waals surface area (Å²) in [6, 6.07) is 0. The van der Waals surface area contributed by atoms with Gasteiger partial charge in [-0.05, 0) is 0 Å². The van der Waals surface area contributed by atoms with Crippen LogP contribution in [0.25, 0.3) is 0 Å². The highest BCUT2D eigenvalue weighted by atomic mass is 16.4. The lowest BCUT2D eigenvalue weighted by Crippen LogP contribution is -1.85. The van der Waals surface area contributed by atoms with Crippen LogP contribution >= 0.6 is 0 Å². The fraction of sp³-hybridized carbons (Fsp3) is 0.333. The normalized spacial score (nSPS) is 9.62. The number of hydrogen-bond donors (Lipinski definition) is 1. The van der Waals surface area contributed by atoms with Gasteiger partial charge in [-0.25, -0.2) is 4.79 Å². The number of amides is 2. The molecule has 0 spiro atoms. The van der Waals surface area contributed by atoms with Crippen LogP contribution in [0.5, 0.6) is 0 Å². The first-order valence-electron chi connectivity index (χ1n) is 1.78. The SMILES string of the molecule is CC(=O)/N=N/C(=O)O. The van der Waals surface area contributed by atoms with Crippen LogP contribution in [0.15, 0.2) is 10.2 Å². The van der Waals surface area contributed by atoms with Crippen LogP contribution in [0, 0.1) is 0 Å². The summed E-state index contributed by atoms with van der Waals surface area (Å²) in [6.07, 6.45) is -1.46. The van der Waals surface area contributed by atoms with Gasteiger partial charge in [0.2, 0.25) is 0 Å². The molecule has 0 bridgehead atoms. The Kier molecular flexibility index (Phi) is 2.39. The molecule has 0 fully saturated rings. The second-order valence-corrected chi connectivity index (χ2v) is 1.00. The second kappa shape index (κ2) is 2.84. The Hall–Kier alpha value is -1.26. The van der Waals surface area contributed by atoms with Crippen LogP contribution in [0.2, 0.25) is 0 Å². The number of hydrogen-bond acceptors (Lipinski definition) is 2. The van der Waals surface area contributed by atoms with Crippen LogP contribution < -0.4 is 0 Å². The molecule has 0 aliphatic rings. The van der Waals surface area contributed by atoms with Gasteiger partial charge in [-0.2, -0.15) is 0 Å². The number of azo groups is 1. The molecule has 0 aromatic carbocycles. The average Bonchev–Trinajstić information content (AvgIpc) is 1.61. The molecule has 0 aliphatic carbocycles. The summed E-state index contributed by atoms with van der Waals surface area (Å²) in [5.74, 6) is -0.618. The first-order valence-corrected chi connectivity index (χ1v) is 1.78. The van der Waals surface area contributed by atoms with Gasteiger partial charge >= 0.3 is 6.09 Å². The molecule has 0 saturated carbocycles. The monoisotopic (exact) mass is 116 g/mol. The van der Waals surface area contributed by atoms with Crippen molar-refractivity contribution in [3.8, 4) is 0 Å². The van der Waals surface area contributed by atoms with Crippen molar-refractivity contribution in [3.05, 3.63) is 0 Å². The molecule has 0 rings (SSSR count). The first kappa shape index (κ1) is 6.74. The quantitative estimate of drug-likeness (QED) is 0.472. The zero-order valence-electron chi connectivity index (χ0n) is 4.16. The van der Waals surface area contributed by atoms with Gasteiger partial charge in [0, 0.05) is 6.92 Å². The van der Waals surface area contributed by atoms with Crippen molar-refractivity contribution in [1.82, 2.24) is 0 Å². The molecule has 0 radical (unpaired) electrons. The highest BCUT2D eigenvalue weighted by Gasteiger charge is 1.88. The minimum atomic E-state index is -1.46. The van der Waals surface area contributed by atoms with Gasteiger partial charge in [-0.15, -0.1) is 5.11 Å². The zero-order chi connectivity index (χ0) is 6.57. The molecule has 5 nitrogen and oxygen atoms in total. The van der Waals surface area contributed by atoms with Gasteiger partial charge in [-0.3, -0.25) is 4.79 Å². The highest BCUT2D eigenvalue weighted by Crippen LogP contribution is 1.76. The van der Waals surface area contributed by atoms with Crippen LogP contribution in [-0.4, -0.2) is 17.1 Å². The van der Waals surface area contributed by atoms with Crippen molar-refractivity contribution in [3.63, 3.8) is 0 Å². The third-order valence-electron chi connectivity index (χ3n) is 0.276. The van der Waals surface area contributed by atoms with E-state index in [-0.39, 0.29) is 0 Å². The van der Waals surface area contributed by atoms with E-state index in [0.29, 0.717) is 0 Å². The van der Waals surface area contributed by atoms with Gasteiger partial charge in [0.1, 0.15) is 0 Å². The summed E-state index contributed by atoms with van der Waals surface area (Å²) < 4.78 is 0. The maximum Gasteiger partial charge on any atom is 0.450 e. The zero-order valence-corrected chi connectivity index (χ0v) is 4.16. The predicted octanol–water partition coefficient (Wildman–Crippen LogP) is 0.663. The molecule has 0 saturated heterocycles. The van der Waals surface area contributed by atoms with Gasteiger partial charge in [0.25, 0.3) is 5.91 Å². The third-order valence-corrected chi connectivity index (χ3v) is 0.276. The molecule has 0 aromatic heterocycles. The number of carbonyl (C=O) groups is 2. The van der Waals surface area contributed by atoms with E-state index in [4.69, 9.17) is 5.11 Å². The third kappa shape index (κ3) is 4.74. The van der Waals surface area contributed by atoms with E-state index in [0.717, 1.165) is 6.92 Å². The fourth-order valence-electron chi connectivity index (χ4n) is 0.113. The molecular weight excluding hydrogens is 112 g/mol. The Morgan fingerprint density at radius 3 is 2.00 bits per heavy atom. The summed E-state index contributed by atoms with van der Waals surface area (Å²) in [7, 11) is 0. The fourth-order valence-corrected chi connectivity index (χ4v) is 0.113. The molecule has 0 atom stereocenters. The molecular formula is C3H4N2O3. The molecule has 8 heavy (non-hydrogen) atoms. The number of carboxylic acid groups (broad SMARTS) is 1. The molecule has 5 heteroatoms. The Morgan fingerprint density at radius 2 is 1.88 bits per heavy atom. The number of rotatable bonds is 0. The van der Waals surface area contributed by atoms with E-state index >= 15 is 0 Å². The van der Waals surface area contributed by atoms with E-state index in [2.05, 4.69) is 10.2 Å². The largest absolute Gasteiger partial charge is 0.462 e. The van der Waals surface area contributed by atoms with Crippen LogP contribution in [0.4, 0.5) is 4.79 Å². The van der Waals surface area contributed by atoms with Crippen molar-refractivity contribution < 1.29 is 14.7 Å². The smallest absolute Gasteiger partial charge is 0.450 e. The van der Waals surface area contributed by atoms with E-state index < -0.39 is 12.0 Å². The molecule has 44 valence electrons. The summed E-state index contributed by atoms with van der Waals surface area (Å²) in [5.41, 5.74) is 0. The van der Waals surface area contributed by atoms with E-state index in [1.165, 1.54) is 0 Å². The Bertz CT molecular complexity index is 123. The Labute approximate surface area is 45.0 Å². The molecule has 0 unspecified atom stereocenters. The predicted molar refractivity (Wildman–Crippen MR) is 23.6 cm³/mol. The Balaban J connectivity index is 3.67. The minimum absolute atomic E-state index is 0.618. The minimum Gasteiger partial charge on any atom is -0.462 e. The van der Waals surface area contributed by atoms with Crippen molar-refractivity contribution in [2.45, 2.75) is 6.92 Å². The van der Waals surface area contributed by atoms with Crippen LogP contribution in [-0.2, 0) is 4.79 Å².